The number of azide groups is 1. The molecule has 1 aromatic carbocycles. The van der Waals surface area contributed by atoms with E-state index < -0.39 is 0 Å². The molecule has 0 unspecified atom stereocenters. The van der Waals surface area contributed by atoms with Crippen molar-refractivity contribution in [2.75, 3.05) is 6.54 Å². The van der Waals surface area contributed by atoms with Gasteiger partial charge in [-0.15, -0.1) is 0 Å². The summed E-state index contributed by atoms with van der Waals surface area (Å²) in [5.74, 6) is 0. The molecule has 0 aliphatic heterocycles. The zero-order valence-corrected chi connectivity index (χ0v) is 9.85. The highest BCUT2D eigenvalue weighted by molar-refractivity contribution is 6.32. The van der Waals surface area contributed by atoms with Gasteiger partial charge in [0.05, 0.1) is 0 Å². The molecule has 1 aromatic heterocycles. The Labute approximate surface area is 104 Å². The summed E-state index contributed by atoms with van der Waals surface area (Å²) in [5.41, 5.74) is 10.1. The lowest BCUT2D eigenvalue weighted by Gasteiger charge is -1.99. The van der Waals surface area contributed by atoms with Gasteiger partial charge in [0.1, 0.15) is 0 Å². The van der Waals surface area contributed by atoms with Gasteiger partial charge in [-0.1, -0.05) is 28.9 Å². The predicted molar refractivity (Wildman–Crippen MR) is 71.0 cm³/mol. The van der Waals surface area contributed by atoms with E-state index in [4.69, 9.17) is 17.1 Å². The Balaban J connectivity index is 2.17. The van der Waals surface area contributed by atoms with Crippen molar-refractivity contribution in [1.82, 2.24) is 4.98 Å². The highest BCUT2D eigenvalue weighted by Crippen LogP contribution is 2.24. The van der Waals surface area contributed by atoms with Crippen LogP contribution in [0.3, 0.4) is 0 Å². The van der Waals surface area contributed by atoms with Crippen LogP contribution in [0.15, 0.2) is 35.6 Å². The summed E-state index contributed by atoms with van der Waals surface area (Å²) in [5, 5.41) is 5.30. The van der Waals surface area contributed by atoms with E-state index in [1.807, 2.05) is 36.5 Å². The van der Waals surface area contributed by atoms with Gasteiger partial charge in [-0.25, -0.2) is 0 Å². The van der Waals surface area contributed by atoms with Crippen molar-refractivity contribution in [1.29, 1.82) is 0 Å². The summed E-state index contributed by atoms with van der Waals surface area (Å²) in [7, 11) is 0. The minimum Gasteiger partial charge on any atom is -0.361 e. The topological polar surface area (TPSA) is 64.6 Å². The van der Waals surface area contributed by atoms with Crippen LogP contribution in [0.4, 0.5) is 0 Å². The third-order valence-corrected chi connectivity index (χ3v) is 2.75. The molecule has 0 saturated heterocycles. The maximum absolute atomic E-state index is 8.13. The molecule has 1 N–H and O–H groups in total. The van der Waals surface area contributed by atoms with Crippen molar-refractivity contribution in [3.63, 3.8) is 0 Å². The lowest BCUT2D eigenvalue weighted by atomic mass is 10.1. The van der Waals surface area contributed by atoms with E-state index in [0.29, 0.717) is 18.0 Å². The lowest BCUT2D eigenvalue weighted by molar-refractivity contribution is 0.996. The first-order valence-corrected chi connectivity index (χ1v) is 5.63. The molecule has 2 aromatic rings. The molecule has 0 bridgehead atoms. The second-order valence-corrected chi connectivity index (χ2v) is 3.99. The van der Waals surface area contributed by atoms with E-state index in [1.54, 1.807) is 0 Å². The SMILES string of the molecule is [N-]=[N+]=NCCC=Cc1cc2cc[nH]c2cc1Cl. The molecule has 0 saturated carbocycles. The third-order valence-electron chi connectivity index (χ3n) is 2.43. The maximum atomic E-state index is 8.13. The molecule has 86 valence electrons. The average Bonchev–Trinajstić information content (AvgIpc) is 2.76. The van der Waals surface area contributed by atoms with Crippen molar-refractivity contribution >= 4 is 28.6 Å². The zero-order valence-electron chi connectivity index (χ0n) is 9.10. The van der Waals surface area contributed by atoms with Crippen LogP contribution in [0, 0.1) is 0 Å². The highest BCUT2D eigenvalue weighted by atomic mass is 35.5. The first-order chi connectivity index (χ1) is 8.31. The van der Waals surface area contributed by atoms with Crippen LogP contribution < -0.4 is 0 Å². The molecule has 0 amide bonds. The first kappa shape index (κ1) is 11.6. The number of fused-ring (bicyclic) bond motifs is 1. The fourth-order valence-corrected chi connectivity index (χ4v) is 1.83. The van der Waals surface area contributed by atoms with Crippen molar-refractivity contribution in [2.45, 2.75) is 6.42 Å². The van der Waals surface area contributed by atoms with E-state index in [-0.39, 0.29) is 0 Å². The molecule has 0 fully saturated rings. The molecule has 5 heteroatoms. The molecule has 0 radical (unpaired) electrons. The monoisotopic (exact) mass is 246 g/mol. The summed E-state index contributed by atoms with van der Waals surface area (Å²) in [6, 6.07) is 5.94. The Bertz CT molecular complexity index is 594. The number of rotatable bonds is 4. The number of aromatic amines is 1. The Hall–Kier alpha value is -1.90. The Morgan fingerprint density at radius 3 is 3.18 bits per heavy atom. The van der Waals surface area contributed by atoms with Crippen molar-refractivity contribution in [2.24, 2.45) is 5.11 Å². The van der Waals surface area contributed by atoms with E-state index in [2.05, 4.69) is 15.0 Å². The van der Waals surface area contributed by atoms with Gasteiger partial charge in [-0.05, 0) is 35.7 Å². The quantitative estimate of drug-likeness (QED) is 0.356. The van der Waals surface area contributed by atoms with E-state index in [0.717, 1.165) is 16.5 Å². The number of hydrogen-bond acceptors (Lipinski definition) is 1. The van der Waals surface area contributed by atoms with Crippen molar-refractivity contribution in [3.05, 3.63) is 51.5 Å². The van der Waals surface area contributed by atoms with Crippen LogP contribution in [0.2, 0.25) is 5.02 Å². The second-order valence-electron chi connectivity index (χ2n) is 3.58. The van der Waals surface area contributed by atoms with Gasteiger partial charge in [0.2, 0.25) is 0 Å². The first-order valence-electron chi connectivity index (χ1n) is 5.25. The molecule has 2 rings (SSSR count). The Morgan fingerprint density at radius 2 is 2.35 bits per heavy atom. The van der Waals surface area contributed by atoms with Crippen LogP contribution in [-0.4, -0.2) is 11.5 Å². The molecule has 0 aliphatic carbocycles. The highest BCUT2D eigenvalue weighted by Gasteiger charge is 2.00. The zero-order chi connectivity index (χ0) is 12.1. The van der Waals surface area contributed by atoms with Crippen molar-refractivity contribution < 1.29 is 0 Å². The molecule has 1 heterocycles. The number of nitrogens with zero attached hydrogens (tertiary/aromatic N) is 3. The minimum atomic E-state index is 0.469. The largest absolute Gasteiger partial charge is 0.361 e. The van der Waals surface area contributed by atoms with Gasteiger partial charge in [0.15, 0.2) is 0 Å². The molecular formula is C12H11ClN4. The second kappa shape index (κ2) is 5.43. The van der Waals surface area contributed by atoms with Crippen molar-refractivity contribution in [3.8, 4) is 0 Å². The van der Waals surface area contributed by atoms with Gasteiger partial charge >= 0.3 is 0 Å². The third kappa shape index (κ3) is 2.81. The predicted octanol–water partition coefficient (Wildman–Crippen LogP) is 4.53. The number of aromatic nitrogens is 1. The standard InChI is InChI=1S/C12H11ClN4/c13-11-8-12-10(4-6-15-12)7-9(11)3-1-2-5-16-17-14/h1,3-4,6-8,15H,2,5H2. The normalized spacial score (nSPS) is 10.9. The minimum absolute atomic E-state index is 0.469. The summed E-state index contributed by atoms with van der Waals surface area (Å²) < 4.78 is 0. The van der Waals surface area contributed by atoms with Crippen LogP contribution in [-0.2, 0) is 0 Å². The van der Waals surface area contributed by atoms with Crippen LogP contribution >= 0.6 is 11.6 Å². The van der Waals surface area contributed by atoms with E-state index in [1.165, 1.54) is 0 Å². The molecule has 17 heavy (non-hydrogen) atoms. The molecule has 0 atom stereocenters. The maximum Gasteiger partial charge on any atom is 0.0499 e. The molecule has 0 spiro atoms. The number of H-pyrrole nitrogens is 1. The van der Waals surface area contributed by atoms with Gasteiger partial charge in [0, 0.05) is 33.6 Å². The summed E-state index contributed by atoms with van der Waals surface area (Å²) >= 11 is 6.15. The fraction of sp³-hybridized carbons (Fsp3) is 0.167. The molecule has 0 aliphatic rings. The smallest absolute Gasteiger partial charge is 0.0499 e. The Morgan fingerprint density at radius 1 is 1.47 bits per heavy atom. The van der Waals surface area contributed by atoms with Gasteiger partial charge in [0.25, 0.3) is 0 Å². The fourth-order valence-electron chi connectivity index (χ4n) is 1.61. The number of benzene rings is 1. The Kier molecular flexibility index (Phi) is 3.70. The number of halogens is 1. The van der Waals surface area contributed by atoms with E-state index in [9.17, 15) is 0 Å². The number of hydrogen-bond donors (Lipinski definition) is 1. The van der Waals surface area contributed by atoms with E-state index >= 15 is 0 Å². The van der Waals surface area contributed by atoms with Crippen LogP contribution in [0.25, 0.3) is 27.4 Å². The van der Waals surface area contributed by atoms with Gasteiger partial charge in [-0.2, -0.15) is 0 Å². The lowest BCUT2D eigenvalue weighted by Crippen LogP contribution is -1.78. The van der Waals surface area contributed by atoms with Gasteiger partial charge in [-0.3, -0.25) is 0 Å². The molecular weight excluding hydrogens is 236 g/mol. The summed E-state index contributed by atoms with van der Waals surface area (Å²) in [6.45, 7) is 0.469. The van der Waals surface area contributed by atoms with Crippen LogP contribution in [0.5, 0.6) is 0 Å². The van der Waals surface area contributed by atoms with Crippen LogP contribution in [0.1, 0.15) is 12.0 Å². The summed E-state index contributed by atoms with van der Waals surface area (Å²) in [4.78, 5) is 5.80. The van der Waals surface area contributed by atoms with Gasteiger partial charge < -0.3 is 4.98 Å². The summed E-state index contributed by atoms with van der Waals surface area (Å²) in [6.07, 6.45) is 6.50. The average molecular weight is 247 g/mol. The molecule has 4 nitrogen and oxygen atoms in total. The number of nitrogens with one attached hydrogen (secondary N) is 1.